The van der Waals surface area contributed by atoms with Gasteiger partial charge in [0.05, 0.1) is 6.54 Å². The third-order valence-electron chi connectivity index (χ3n) is 5.67. The van der Waals surface area contributed by atoms with Crippen molar-refractivity contribution in [3.05, 3.63) is 59.9 Å². The lowest BCUT2D eigenvalue weighted by Gasteiger charge is -2.34. The first kappa shape index (κ1) is 24.7. The van der Waals surface area contributed by atoms with Gasteiger partial charge in [-0.25, -0.2) is 0 Å². The Kier molecular flexibility index (Phi) is 10.7. The van der Waals surface area contributed by atoms with Crippen LogP contribution in [0.4, 0.5) is 0 Å². The summed E-state index contributed by atoms with van der Waals surface area (Å²) in [5.74, 6) is 0.957. The third-order valence-corrected chi connectivity index (χ3v) is 5.67. The lowest BCUT2D eigenvalue weighted by Crippen LogP contribution is -2.46. The Morgan fingerprint density at radius 3 is 2.37 bits per heavy atom. The minimum atomic E-state index is 0. The molecule has 30 heavy (non-hydrogen) atoms. The number of hydrogen-bond donors (Lipinski definition) is 1. The topological polar surface area (TPSA) is 39.0 Å². The molecule has 3 rings (SSSR count). The van der Waals surface area contributed by atoms with E-state index in [1.54, 1.807) is 0 Å². The Morgan fingerprint density at radius 2 is 1.73 bits per heavy atom. The van der Waals surface area contributed by atoms with Crippen LogP contribution in [0.2, 0.25) is 0 Å². The van der Waals surface area contributed by atoms with E-state index in [0.717, 1.165) is 64.7 Å². The number of nitrogens with one attached hydrogen (secondary N) is 1. The van der Waals surface area contributed by atoms with Crippen molar-refractivity contribution in [1.29, 1.82) is 0 Å². The van der Waals surface area contributed by atoms with E-state index in [1.165, 1.54) is 11.3 Å². The highest BCUT2D eigenvalue weighted by Crippen LogP contribution is 2.08. The van der Waals surface area contributed by atoms with Crippen LogP contribution in [0.15, 0.2) is 53.7 Å². The maximum Gasteiger partial charge on any atom is 0.193 e. The Labute approximate surface area is 199 Å². The number of nitrogens with zero attached hydrogens (tertiary/aromatic N) is 5. The molecule has 1 N–H and O–H groups in total. The molecule has 1 saturated heterocycles. The molecule has 0 atom stereocenters. The summed E-state index contributed by atoms with van der Waals surface area (Å²) in [6.45, 7) is 8.66. The van der Waals surface area contributed by atoms with Crippen molar-refractivity contribution >= 4 is 29.9 Å². The highest BCUT2D eigenvalue weighted by Gasteiger charge is 2.16. The van der Waals surface area contributed by atoms with Crippen LogP contribution in [0.5, 0.6) is 0 Å². The number of aliphatic imine (C=N–C) groups is 1. The second-order valence-corrected chi connectivity index (χ2v) is 7.90. The van der Waals surface area contributed by atoms with Crippen LogP contribution in [-0.2, 0) is 20.1 Å². The SMILES string of the molecule is CN=C(NCCCN1CCN(Cc2ccccc2)CC1)N(C)Cc1cccn1C.I. The number of piperazine rings is 1. The highest BCUT2D eigenvalue weighted by atomic mass is 127. The van der Waals surface area contributed by atoms with E-state index < -0.39 is 0 Å². The van der Waals surface area contributed by atoms with Crippen LogP contribution < -0.4 is 5.32 Å². The average molecular weight is 524 g/mol. The van der Waals surface area contributed by atoms with Gasteiger partial charge in [-0.1, -0.05) is 30.3 Å². The van der Waals surface area contributed by atoms with Crippen molar-refractivity contribution in [3.63, 3.8) is 0 Å². The predicted molar refractivity (Wildman–Crippen MR) is 136 cm³/mol. The fraction of sp³-hybridized carbons (Fsp3) is 0.522. The smallest absolute Gasteiger partial charge is 0.193 e. The molecule has 1 aromatic heterocycles. The highest BCUT2D eigenvalue weighted by molar-refractivity contribution is 14.0. The van der Waals surface area contributed by atoms with Crippen molar-refractivity contribution in [2.45, 2.75) is 19.5 Å². The molecule has 0 amide bonds. The largest absolute Gasteiger partial charge is 0.356 e. The Hall–Kier alpha value is -1.58. The monoisotopic (exact) mass is 524 g/mol. The number of hydrogen-bond acceptors (Lipinski definition) is 3. The van der Waals surface area contributed by atoms with E-state index in [1.807, 2.05) is 7.05 Å². The number of aryl methyl sites for hydroxylation is 1. The number of benzene rings is 1. The molecule has 0 unspecified atom stereocenters. The Morgan fingerprint density at radius 1 is 1.03 bits per heavy atom. The Balaban J connectivity index is 0.00000320. The first-order valence-corrected chi connectivity index (χ1v) is 10.7. The minimum absolute atomic E-state index is 0. The van der Waals surface area contributed by atoms with Crippen LogP contribution in [-0.4, -0.2) is 78.6 Å². The average Bonchev–Trinajstić information content (AvgIpc) is 3.14. The summed E-state index contributed by atoms with van der Waals surface area (Å²) in [7, 11) is 6.03. The summed E-state index contributed by atoms with van der Waals surface area (Å²) in [4.78, 5) is 11.8. The molecule has 0 aliphatic carbocycles. The van der Waals surface area contributed by atoms with E-state index in [9.17, 15) is 0 Å². The third kappa shape index (κ3) is 7.59. The molecule has 0 bridgehead atoms. The van der Waals surface area contributed by atoms with Crippen molar-refractivity contribution < 1.29 is 0 Å². The quantitative estimate of drug-likeness (QED) is 0.250. The molecule has 0 spiro atoms. The lowest BCUT2D eigenvalue weighted by atomic mass is 10.2. The summed E-state index contributed by atoms with van der Waals surface area (Å²) in [6.07, 6.45) is 3.22. The van der Waals surface area contributed by atoms with E-state index in [4.69, 9.17) is 0 Å². The van der Waals surface area contributed by atoms with Crippen molar-refractivity contribution in [3.8, 4) is 0 Å². The van der Waals surface area contributed by atoms with Crippen LogP contribution in [0.3, 0.4) is 0 Å². The predicted octanol–water partition coefficient (Wildman–Crippen LogP) is 2.86. The normalized spacial score (nSPS) is 15.6. The van der Waals surface area contributed by atoms with E-state index >= 15 is 0 Å². The van der Waals surface area contributed by atoms with E-state index in [-0.39, 0.29) is 24.0 Å². The number of guanidine groups is 1. The van der Waals surface area contributed by atoms with Gasteiger partial charge in [-0.15, -0.1) is 24.0 Å². The van der Waals surface area contributed by atoms with Crippen LogP contribution in [0, 0.1) is 0 Å². The van der Waals surface area contributed by atoms with Gasteiger partial charge in [-0.2, -0.15) is 0 Å². The zero-order valence-electron chi connectivity index (χ0n) is 18.6. The molecule has 7 heteroatoms. The molecule has 1 fully saturated rings. The first-order chi connectivity index (χ1) is 14.2. The van der Waals surface area contributed by atoms with Gasteiger partial charge in [0.15, 0.2) is 5.96 Å². The molecule has 0 saturated carbocycles. The summed E-state index contributed by atoms with van der Waals surface area (Å²) < 4.78 is 2.15. The van der Waals surface area contributed by atoms with Gasteiger partial charge in [0.2, 0.25) is 0 Å². The molecule has 6 nitrogen and oxygen atoms in total. The Bertz CT molecular complexity index is 752. The molecule has 1 aliphatic heterocycles. The van der Waals surface area contributed by atoms with Crippen LogP contribution >= 0.6 is 24.0 Å². The van der Waals surface area contributed by atoms with Gasteiger partial charge >= 0.3 is 0 Å². The molecule has 166 valence electrons. The van der Waals surface area contributed by atoms with Crippen LogP contribution in [0.25, 0.3) is 0 Å². The summed E-state index contributed by atoms with van der Waals surface area (Å²) in [6, 6.07) is 15.0. The van der Waals surface area contributed by atoms with Crippen molar-refractivity contribution in [1.82, 2.24) is 24.6 Å². The first-order valence-electron chi connectivity index (χ1n) is 10.7. The van der Waals surface area contributed by atoms with Gasteiger partial charge in [-0.3, -0.25) is 9.89 Å². The zero-order valence-corrected chi connectivity index (χ0v) is 21.0. The number of aromatic nitrogens is 1. The maximum atomic E-state index is 4.43. The zero-order chi connectivity index (χ0) is 20.5. The fourth-order valence-electron chi connectivity index (χ4n) is 3.88. The molecular weight excluding hydrogens is 487 g/mol. The lowest BCUT2D eigenvalue weighted by molar-refractivity contribution is 0.126. The molecule has 1 aromatic carbocycles. The van der Waals surface area contributed by atoms with Crippen molar-refractivity contribution in [2.24, 2.45) is 12.0 Å². The van der Waals surface area contributed by atoms with Gasteiger partial charge < -0.3 is 19.7 Å². The number of rotatable bonds is 8. The van der Waals surface area contributed by atoms with E-state index in [2.05, 4.69) is 92.3 Å². The van der Waals surface area contributed by atoms with E-state index in [0.29, 0.717) is 0 Å². The van der Waals surface area contributed by atoms with Crippen LogP contribution in [0.1, 0.15) is 17.7 Å². The van der Waals surface area contributed by atoms with Gasteiger partial charge in [0, 0.05) is 72.3 Å². The van der Waals surface area contributed by atoms with Gasteiger partial charge in [0.1, 0.15) is 0 Å². The minimum Gasteiger partial charge on any atom is -0.356 e. The summed E-state index contributed by atoms with van der Waals surface area (Å²) >= 11 is 0. The molecule has 0 radical (unpaired) electrons. The summed E-state index contributed by atoms with van der Waals surface area (Å²) in [5.41, 5.74) is 2.69. The second kappa shape index (κ2) is 13.0. The maximum absolute atomic E-state index is 4.43. The molecular formula is C23H37IN6. The summed E-state index contributed by atoms with van der Waals surface area (Å²) in [5, 5.41) is 3.51. The standard InChI is InChI=1S/C23H36N6.HI/c1-24-23(27(3)20-22-11-7-13-26(22)2)25-12-8-14-28-15-17-29(18-16-28)19-21-9-5-4-6-10-21;/h4-7,9-11,13H,8,12,14-20H2,1-3H3,(H,24,25);1H. The molecule has 1 aliphatic rings. The fourth-order valence-corrected chi connectivity index (χ4v) is 3.88. The molecule has 2 heterocycles. The van der Waals surface area contributed by atoms with Gasteiger partial charge in [-0.05, 0) is 30.7 Å². The molecule has 2 aromatic rings. The number of halogens is 1. The van der Waals surface area contributed by atoms with Crippen molar-refractivity contribution in [2.75, 3.05) is 53.4 Å². The van der Waals surface area contributed by atoms with Gasteiger partial charge in [0.25, 0.3) is 0 Å². The second-order valence-electron chi connectivity index (χ2n) is 7.90.